The molecule has 3 saturated heterocycles. The average molecular weight is 867 g/mol. The molecule has 3 fully saturated rings. The Morgan fingerprint density at radius 1 is 0.952 bits per heavy atom. The lowest BCUT2D eigenvalue weighted by atomic mass is 10.0. The lowest BCUT2D eigenvalue weighted by molar-refractivity contribution is -0.136. The van der Waals surface area contributed by atoms with Crippen molar-refractivity contribution in [1.82, 2.24) is 34.9 Å². The largest absolute Gasteiger partial charge is 0.494 e. The number of nitrogens with one attached hydrogen (secondary N) is 4. The Balaban J connectivity index is 0.751. The van der Waals surface area contributed by atoms with Gasteiger partial charge >= 0.3 is 0 Å². The van der Waals surface area contributed by atoms with Gasteiger partial charge in [0.15, 0.2) is 0 Å². The van der Waals surface area contributed by atoms with E-state index < -0.39 is 35.5 Å². The Morgan fingerprint density at radius 3 is 2.52 bits per heavy atom. The number of piperidine rings is 2. The number of halogens is 2. The number of carbonyl (C=O) groups is 5. The molecule has 3 aromatic carbocycles. The quantitative estimate of drug-likeness (QED) is 0.0782. The summed E-state index contributed by atoms with van der Waals surface area (Å²) in [5, 5.41) is 12.3. The number of nitrogens with zero attached hydrogens (tertiary/aromatic N) is 6. The lowest BCUT2D eigenvalue weighted by Gasteiger charge is -2.42. The molecule has 16 nitrogen and oxygen atoms in total. The van der Waals surface area contributed by atoms with E-state index in [4.69, 9.17) is 16.3 Å². The van der Waals surface area contributed by atoms with E-state index in [1.165, 1.54) is 31.6 Å². The van der Waals surface area contributed by atoms with Crippen LogP contribution in [0.1, 0.15) is 52.8 Å². The van der Waals surface area contributed by atoms with Gasteiger partial charge in [-0.3, -0.25) is 44.0 Å². The van der Waals surface area contributed by atoms with Gasteiger partial charge in [0.2, 0.25) is 17.7 Å². The molecule has 8 rings (SSSR count). The summed E-state index contributed by atoms with van der Waals surface area (Å²) in [6, 6.07) is 12.4. The fourth-order valence-corrected chi connectivity index (χ4v) is 8.83. The number of ether oxygens (including phenoxy) is 1. The molecule has 5 heterocycles. The number of hydrogen-bond acceptors (Lipinski definition) is 13. The van der Waals surface area contributed by atoms with E-state index in [0.717, 1.165) is 70.0 Å². The maximum Gasteiger partial charge on any atom is 0.264 e. The summed E-state index contributed by atoms with van der Waals surface area (Å²) >= 11 is 5.97. The summed E-state index contributed by atoms with van der Waals surface area (Å²) in [4.78, 5) is 80.8. The first-order valence-corrected chi connectivity index (χ1v) is 21.2. The molecule has 1 unspecified atom stereocenters. The van der Waals surface area contributed by atoms with E-state index in [1.807, 2.05) is 6.08 Å². The van der Waals surface area contributed by atoms with Crippen molar-refractivity contribution in [3.8, 4) is 5.75 Å². The molecule has 0 radical (unpaired) electrons. The number of benzene rings is 3. The van der Waals surface area contributed by atoms with Gasteiger partial charge in [0, 0.05) is 80.6 Å². The number of hydrogen-bond donors (Lipinski definition) is 4. The minimum absolute atomic E-state index is 0.0197. The van der Waals surface area contributed by atoms with Crippen LogP contribution in [0.3, 0.4) is 0 Å². The van der Waals surface area contributed by atoms with Crippen LogP contribution in [-0.2, 0) is 14.4 Å². The van der Waals surface area contributed by atoms with Gasteiger partial charge in [0.05, 0.1) is 34.5 Å². The SMILES string of the molecule is COc1cc2ncnc(Nc3ccc(F)c(Cl)c3)c2cc1NC(=O)/C=C/CN1CCC(N2CCN(CCCNc3cccc4c3C(=O)N(C3CCC(=O)NC3=O)C4=O)CC2)CC1. The molecule has 4 aliphatic heterocycles. The number of piperazine rings is 1. The number of likely N-dealkylation sites (tertiary alicyclic amines) is 1. The first-order chi connectivity index (χ1) is 30.1. The molecule has 62 heavy (non-hydrogen) atoms. The van der Waals surface area contributed by atoms with E-state index in [9.17, 15) is 28.4 Å². The highest BCUT2D eigenvalue weighted by Crippen LogP contribution is 2.35. The Bertz CT molecular complexity index is 2420. The summed E-state index contributed by atoms with van der Waals surface area (Å²) in [5.74, 6) is -1.97. The third-order valence-electron chi connectivity index (χ3n) is 11.9. The van der Waals surface area contributed by atoms with E-state index in [-0.39, 0.29) is 34.9 Å². The summed E-state index contributed by atoms with van der Waals surface area (Å²) in [5.41, 5.74) is 2.71. The van der Waals surface area contributed by atoms with Crippen LogP contribution in [0, 0.1) is 5.82 Å². The Labute approximate surface area is 362 Å². The van der Waals surface area contributed by atoms with Crippen molar-refractivity contribution in [2.45, 2.75) is 44.2 Å². The number of amides is 5. The number of carbonyl (C=O) groups excluding carboxylic acids is 5. The molecule has 0 bridgehead atoms. The van der Waals surface area contributed by atoms with Crippen LogP contribution in [0.25, 0.3) is 10.9 Å². The van der Waals surface area contributed by atoms with Crippen molar-refractivity contribution in [3.05, 3.63) is 89.0 Å². The fraction of sp³-hybridized carbons (Fsp3) is 0.386. The zero-order valence-corrected chi connectivity index (χ0v) is 35.0. The van der Waals surface area contributed by atoms with E-state index >= 15 is 0 Å². The second-order valence-corrected chi connectivity index (χ2v) is 16.2. The maximum atomic E-state index is 13.7. The third-order valence-corrected chi connectivity index (χ3v) is 12.2. The highest BCUT2D eigenvalue weighted by molar-refractivity contribution is 6.31. The molecule has 0 spiro atoms. The Kier molecular flexibility index (Phi) is 13.0. The van der Waals surface area contributed by atoms with Crippen LogP contribution in [0.2, 0.25) is 5.02 Å². The monoisotopic (exact) mass is 866 g/mol. The van der Waals surface area contributed by atoms with Crippen LogP contribution in [0.4, 0.5) is 27.3 Å². The molecule has 4 aliphatic rings. The van der Waals surface area contributed by atoms with Gasteiger partial charge in [0.1, 0.15) is 29.8 Å². The molecule has 1 aromatic heterocycles. The van der Waals surface area contributed by atoms with E-state index in [2.05, 4.69) is 45.9 Å². The van der Waals surface area contributed by atoms with Crippen LogP contribution in [0.15, 0.2) is 67.0 Å². The van der Waals surface area contributed by atoms with Crippen molar-refractivity contribution >= 4 is 74.9 Å². The van der Waals surface area contributed by atoms with Gasteiger partial charge in [-0.2, -0.15) is 0 Å². The molecule has 0 saturated carbocycles. The minimum Gasteiger partial charge on any atom is -0.494 e. The zero-order chi connectivity index (χ0) is 43.3. The number of imide groups is 2. The number of rotatable bonds is 14. The van der Waals surface area contributed by atoms with Gasteiger partial charge in [-0.25, -0.2) is 14.4 Å². The predicted molar refractivity (Wildman–Crippen MR) is 232 cm³/mol. The summed E-state index contributed by atoms with van der Waals surface area (Å²) in [7, 11) is 1.52. The normalized spacial score (nSPS) is 19.3. The number of methoxy groups -OCH3 is 1. The summed E-state index contributed by atoms with van der Waals surface area (Å²) in [6.07, 6.45) is 7.99. The molecule has 324 valence electrons. The third kappa shape index (κ3) is 9.40. The molecule has 0 aliphatic carbocycles. The van der Waals surface area contributed by atoms with E-state index in [1.54, 1.807) is 36.4 Å². The highest BCUT2D eigenvalue weighted by Gasteiger charge is 2.45. The smallest absolute Gasteiger partial charge is 0.264 e. The molecule has 5 amide bonds. The van der Waals surface area contributed by atoms with E-state index in [0.29, 0.717) is 58.7 Å². The van der Waals surface area contributed by atoms with Crippen LogP contribution >= 0.6 is 11.6 Å². The number of anilines is 4. The van der Waals surface area contributed by atoms with Crippen LogP contribution in [0.5, 0.6) is 5.75 Å². The Hall–Kier alpha value is -6.01. The molecule has 4 N–H and O–H groups in total. The number of fused-ring (bicyclic) bond motifs is 2. The molecular formula is C44H48ClFN10O6. The minimum atomic E-state index is -0.994. The first-order valence-electron chi connectivity index (χ1n) is 20.9. The predicted octanol–water partition coefficient (Wildman–Crippen LogP) is 4.65. The van der Waals surface area contributed by atoms with Crippen molar-refractivity contribution in [3.63, 3.8) is 0 Å². The Morgan fingerprint density at radius 2 is 1.76 bits per heavy atom. The summed E-state index contributed by atoms with van der Waals surface area (Å²) in [6.45, 7) is 8.01. The second kappa shape index (κ2) is 18.9. The topological polar surface area (TPSA) is 181 Å². The number of aromatic nitrogens is 2. The molecule has 4 aromatic rings. The van der Waals surface area contributed by atoms with Gasteiger partial charge < -0.3 is 25.6 Å². The highest BCUT2D eigenvalue weighted by atomic mass is 35.5. The second-order valence-electron chi connectivity index (χ2n) is 15.8. The van der Waals surface area contributed by atoms with Crippen molar-refractivity contribution in [1.29, 1.82) is 0 Å². The first kappa shape index (κ1) is 42.7. The van der Waals surface area contributed by atoms with Gasteiger partial charge in [-0.15, -0.1) is 0 Å². The summed E-state index contributed by atoms with van der Waals surface area (Å²) < 4.78 is 19.3. The van der Waals surface area contributed by atoms with Crippen molar-refractivity contribution in [2.24, 2.45) is 0 Å². The van der Waals surface area contributed by atoms with Crippen LogP contribution < -0.4 is 26.0 Å². The van der Waals surface area contributed by atoms with Crippen molar-refractivity contribution < 1.29 is 33.1 Å². The fourth-order valence-electron chi connectivity index (χ4n) is 8.65. The standard InChI is InChI=1S/C44H48ClFN10O6/c1-62-37-25-34-30(41(49-26-48-34)50-27-8-9-32(46)31(45)23-27)24-35(37)51-38(57)7-3-15-53-17-12-28(13-18-53)55-21-19-54(20-22-55)16-4-14-47-33-6-2-5-29-40(33)44(61)56(43(29)60)36-10-11-39(58)52-42(36)59/h2-3,5-9,23-26,28,36,47H,4,10-22H2,1H3,(H,51,57)(H,48,49,50)(H,52,58,59)/b7-3+. The molecular weight excluding hydrogens is 819 g/mol. The van der Waals surface area contributed by atoms with Gasteiger partial charge in [0.25, 0.3) is 11.8 Å². The average Bonchev–Trinajstić information content (AvgIpc) is 3.53. The van der Waals surface area contributed by atoms with Crippen molar-refractivity contribution in [2.75, 3.05) is 82.0 Å². The molecule has 18 heteroatoms. The van der Waals surface area contributed by atoms with Gasteiger partial charge in [-0.05, 0) is 81.7 Å². The molecule has 1 atom stereocenters. The maximum absolute atomic E-state index is 13.7. The lowest BCUT2D eigenvalue weighted by Crippen LogP contribution is -2.54. The van der Waals surface area contributed by atoms with Crippen LogP contribution in [-0.4, -0.2) is 137 Å². The van der Waals surface area contributed by atoms with Gasteiger partial charge in [-0.1, -0.05) is 23.7 Å². The zero-order valence-electron chi connectivity index (χ0n) is 34.3.